The Morgan fingerprint density at radius 2 is 1.33 bits per heavy atom. The molecule has 0 amide bonds. The molecule has 0 bridgehead atoms. The molecule has 4 nitrogen and oxygen atoms in total. The summed E-state index contributed by atoms with van der Waals surface area (Å²) in [6, 6.07) is 11.8. The third-order valence-electron chi connectivity index (χ3n) is 8.66. The summed E-state index contributed by atoms with van der Waals surface area (Å²) >= 11 is 0. The maximum absolute atomic E-state index is 10.5. The lowest BCUT2D eigenvalue weighted by Gasteiger charge is -2.46. The van der Waals surface area contributed by atoms with E-state index in [1.54, 1.807) is 12.1 Å². The van der Waals surface area contributed by atoms with Gasteiger partial charge in [0.05, 0.1) is 12.2 Å². The van der Waals surface area contributed by atoms with Crippen LogP contribution in [0.4, 0.5) is 0 Å². The van der Waals surface area contributed by atoms with Crippen molar-refractivity contribution in [3.63, 3.8) is 0 Å². The van der Waals surface area contributed by atoms with Crippen LogP contribution in [-0.4, -0.2) is 32.6 Å². The third kappa shape index (κ3) is 7.04. The maximum atomic E-state index is 10.5. The zero-order chi connectivity index (χ0) is 26.3. The summed E-state index contributed by atoms with van der Waals surface area (Å²) in [4.78, 5) is 0. The van der Waals surface area contributed by atoms with Gasteiger partial charge < -0.3 is 20.4 Å². The molecule has 2 fully saturated rings. The van der Waals surface area contributed by atoms with E-state index in [2.05, 4.69) is 26.0 Å². The molecule has 4 rings (SSSR count). The average Bonchev–Trinajstić information content (AvgIpc) is 2.83. The van der Waals surface area contributed by atoms with Crippen LogP contribution in [0.2, 0.25) is 0 Å². The topological polar surface area (TPSA) is 80.9 Å². The number of aryl methyl sites for hydroxylation is 2. The first kappa shape index (κ1) is 28.5. The zero-order valence-electron chi connectivity index (χ0n) is 22.9. The number of phenols is 2. The van der Waals surface area contributed by atoms with Crippen LogP contribution in [0, 0.1) is 19.3 Å². The molecular formula is C32H48O4. The lowest BCUT2D eigenvalue weighted by Crippen LogP contribution is -2.39. The van der Waals surface area contributed by atoms with Gasteiger partial charge >= 0.3 is 0 Å². The summed E-state index contributed by atoms with van der Waals surface area (Å²) in [5.74, 6) is 0.628. The number of hydrogen-bond acceptors (Lipinski definition) is 4. The molecule has 2 aliphatic carbocycles. The molecule has 0 aromatic heterocycles. The van der Waals surface area contributed by atoms with E-state index in [4.69, 9.17) is 5.11 Å². The third-order valence-corrected chi connectivity index (χ3v) is 8.66. The quantitative estimate of drug-likeness (QED) is 0.335. The Balaban J connectivity index is 0.000000444. The minimum Gasteiger partial charge on any atom is -0.508 e. The fourth-order valence-corrected chi connectivity index (χ4v) is 6.62. The molecule has 2 aromatic rings. The first-order valence-electron chi connectivity index (χ1n) is 14.0. The Hall–Kier alpha value is -2.04. The summed E-state index contributed by atoms with van der Waals surface area (Å²) < 4.78 is 0. The van der Waals surface area contributed by atoms with Crippen molar-refractivity contribution in [2.45, 2.75) is 122 Å². The average molecular weight is 497 g/mol. The number of aromatic hydroxyl groups is 2. The van der Waals surface area contributed by atoms with E-state index in [0.717, 1.165) is 68.9 Å². The largest absolute Gasteiger partial charge is 0.508 e. The number of phenolic OH excluding ortho intramolecular Hbond substituents is 2. The Labute approximate surface area is 218 Å². The molecule has 2 atom stereocenters. The molecule has 2 aromatic carbocycles. The van der Waals surface area contributed by atoms with Gasteiger partial charge in [-0.25, -0.2) is 0 Å². The molecule has 36 heavy (non-hydrogen) atoms. The molecule has 2 unspecified atom stereocenters. The maximum Gasteiger partial charge on any atom is 0.118 e. The lowest BCUT2D eigenvalue weighted by molar-refractivity contribution is 0.0251. The molecule has 0 radical (unpaired) electrons. The zero-order valence-corrected chi connectivity index (χ0v) is 22.9. The van der Waals surface area contributed by atoms with Gasteiger partial charge in [0.15, 0.2) is 0 Å². The minimum atomic E-state index is -0.275. The smallest absolute Gasteiger partial charge is 0.118 e. The van der Waals surface area contributed by atoms with Gasteiger partial charge in [0.2, 0.25) is 0 Å². The number of rotatable bonds is 6. The Kier molecular flexibility index (Phi) is 9.88. The fraction of sp³-hybridized carbons (Fsp3) is 0.625. The predicted molar refractivity (Wildman–Crippen MR) is 148 cm³/mol. The van der Waals surface area contributed by atoms with Gasteiger partial charge in [0.1, 0.15) is 11.5 Å². The second kappa shape index (κ2) is 12.5. The Bertz CT molecular complexity index is 923. The van der Waals surface area contributed by atoms with Crippen molar-refractivity contribution in [3.8, 4) is 11.5 Å². The van der Waals surface area contributed by atoms with Crippen LogP contribution < -0.4 is 0 Å². The Morgan fingerprint density at radius 3 is 1.75 bits per heavy atom. The molecule has 0 spiro atoms. The van der Waals surface area contributed by atoms with Gasteiger partial charge in [0.25, 0.3) is 0 Å². The predicted octanol–water partition coefficient (Wildman–Crippen LogP) is 7.44. The molecule has 4 heteroatoms. The standard InChI is InChI=1S/C26H36O3.C6H12O/c1-5-12-26(13-6-7-22(27)16-26)17-25(4,20-8-10-23(28)18(2)14-20)21-9-11-24(29)19(3)15-21;7-6-4-2-1-3-5-6/h8-11,14-15,22,27-29H,5-7,12-13,16-17H2,1-4H3;6-7H,1-5H2. The summed E-state index contributed by atoms with van der Waals surface area (Å²) in [6.45, 7) is 8.39. The van der Waals surface area contributed by atoms with Crippen molar-refractivity contribution >= 4 is 0 Å². The van der Waals surface area contributed by atoms with Crippen molar-refractivity contribution in [3.05, 3.63) is 58.7 Å². The van der Waals surface area contributed by atoms with E-state index >= 15 is 0 Å². The highest BCUT2D eigenvalue weighted by Gasteiger charge is 2.43. The molecular weight excluding hydrogens is 448 g/mol. The van der Waals surface area contributed by atoms with Crippen molar-refractivity contribution in [1.29, 1.82) is 0 Å². The van der Waals surface area contributed by atoms with E-state index in [1.165, 1.54) is 30.4 Å². The van der Waals surface area contributed by atoms with E-state index in [9.17, 15) is 15.3 Å². The SMILES string of the molecule is CCCC1(CC(C)(c2ccc(O)c(C)c2)c2ccc(O)c(C)c2)CCCC(O)C1.OC1CCCCC1. The summed E-state index contributed by atoms with van der Waals surface area (Å²) in [6.07, 6.45) is 12.8. The van der Waals surface area contributed by atoms with Gasteiger partial charge in [-0.3, -0.25) is 0 Å². The van der Waals surface area contributed by atoms with Crippen LogP contribution >= 0.6 is 0 Å². The van der Waals surface area contributed by atoms with Crippen LogP contribution in [-0.2, 0) is 5.41 Å². The van der Waals surface area contributed by atoms with Crippen molar-refractivity contribution in [2.24, 2.45) is 5.41 Å². The van der Waals surface area contributed by atoms with Crippen LogP contribution in [0.5, 0.6) is 11.5 Å². The van der Waals surface area contributed by atoms with Crippen molar-refractivity contribution < 1.29 is 20.4 Å². The molecule has 2 saturated carbocycles. The highest BCUT2D eigenvalue weighted by molar-refractivity contribution is 5.47. The summed E-state index contributed by atoms with van der Waals surface area (Å²) in [7, 11) is 0. The normalized spacial score (nSPS) is 23.1. The number of hydrogen-bond donors (Lipinski definition) is 4. The highest BCUT2D eigenvalue weighted by Crippen LogP contribution is 2.51. The van der Waals surface area contributed by atoms with E-state index in [-0.39, 0.29) is 23.0 Å². The minimum absolute atomic E-state index is 0.0359. The summed E-state index contributed by atoms with van der Waals surface area (Å²) in [5.41, 5.74) is 3.92. The molecule has 4 N–H and O–H groups in total. The van der Waals surface area contributed by atoms with Gasteiger partial charge in [-0.2, -0.15) is 0 Å². The van der Waals surface area contributed by atoms with Crippen LogP contribution in [0.25, 0.3) is 0 Å². The van der Waals surface area contributed by atoms with E-state index < -0.39 is 0 Å². The van der Waals surface area contributed by atoms with Crippen LogP contribution in [0.3, 0.4) is 0 Å². The van der Waals surface area contributed by atoms with Gasteiger partial charge in [-0.05, 0) is 98.6 Å². The van der Waals surface area contributed by atoms with Crippen molar-refractivity contribution in [1.82, 2.24) is 0 Å². The summed E-state index contributed by atoms with van der Waals surface area (Å²) in [5, 5.41) is 39.6. The second-order valence-electron chi connectivity index (χ2n) is 11.8. The second-order valence-corrected chi connectivity index (χ2v) is 11.8. The lowest BCUT2D eigenvalue weighted by atomic mass is 9.59. The molecule has 0 aliphatic heterocycles. The Morgan fingerprint density at radius 1 is 0.806 bits per heavy atom. The fourth-order valence-electron chi connectivity index (χ4n) is 6.62. The van der Waals surface area contributed by atoms with E-state index in [0.29, 0.717) is 11.5 Å². The highest BCUT2D eigenvalue weighted by atomic mass is 16.3. The van der Waals surface area contributed by atoms with Gasteiger partial charge in [-0.1, -0.05) is 70.2 Å². The number of benzene rings is 2. The number of aliphatic hydroxyl groups excluding tert-OH is 2. The number of aliphatic hydroxyl groups is 2. The first-order chi connectivity index (χ1) is 17.1. The van der Waals surface area contributed by atoms with Gasteiger partial charge in [-0.15, -0.1) is 0 Å². The van der Waals surface area contributed by atoms with E-state index in [1.807, 2.05) is 26.0 Å². The monoisotopic (exact) mass is 496 g/mol. The molecule has 0 heterocycles. The van der Waals surface area contributed by atoms with Crippen molar-refractivity contribution in [2.75, 3.05) is 0 Å². The first-order valence-corrected chi connectivity index (χ1v) is 14.0. The molecule has 0 saturated heterocycles. The van der Waals surface area contributed by atoms with Crippen LogP contribution in [0.1, 0.15) is 113 Å². The van der Waals surface area contributed by atoms with Crippen LogP contribution in [0.15, 0.2) is 36.4 Å². The molecule has 2 aliphatic rings. The molecule has 200 valence electrons. The van der Waals surface area contributed by atoms with Gasteiger partial charge in [0, 0.05) is 5.41 Å².